The number of hydrazone groups is 1. The van der Waals surface area contributed by atoms with Crippen LogP contribution in [0.5, 0.6) is 0 Å². The molecule has 0 unspecified atom stereocenters. The second kappa shape index (κ2) is 8.42. The molecule has 130 valence electrons. The van der Waals surface area contributed by atoms with Crippen LogP contribution in [-0.4, -0.2) is 18.0 Å². The molecule has 1 aromatic heterocycles. The van der Waals surface area contributed by atoms with E-state index in [9.17, 15) is 9.59 Å². The molecular weight excluding hydrogens is 370 g/mol. The molecule has 7 heteroatoms. The minimum atomic E-state index is -0.328. The Morgan fingerprint density at radius 3 is 2.46 bits per heavy atom. The van der Waals surface area contributed by atoms with E-state index in [4.69, 9.17) is 11.6 Å². The normalized spacial score (nSPS) is 10.7. The summed E-state index contributed by atoms with van der Waals surface area (Å²) >= 11 is 7.41. The Balaban J connectivity index is 1.59. The highest BCUT2D eigenvalue weighted by Crippen LogP contribution is 2.14. The molecule has 0 aliphatic heterocycles. The summed E-state index contributed by atoms with van der Waals surface area (Å²) in [7, 11) is 0. The van der Waals surface area contributed by atoms with Crippen molar-refractivity contribution in [1.82, 2.24) is 5.43 Å². The van der Waals surface area contributed by atoms with E-state index in [2.05, 4.69) is 15.8 Å². The largest absolute Gasteiger partial charge is 0.322 e. The summed E-state index contributed by atoms with van der Waals surface area (Å²) in [5.74, 6) is -0.601. The number of carbonyl (C=O) groups is 2. The van der Waals surface area contributed by atoms with Gasteiger partial charge in [0.2, 0.25) is 0 Å². The Labute approximate surface area is 159 Å². The molecule has 0 saturated heterocycles. The van der Waals surface area contributed by atoms with Crippen LogP contribution in [0.1, 0.15) is 25.6 Å². The van der Waals surface area contributed by atoms with E-state index in [0.717, 1.165) is 4.88 Å². The average molecular weight is 384 g/mol. The van der Waals surface area contributed by atoms with Gasteiger partial charge in [0, 0.05) is 26.7 Å². The third kappa shape index (κ3) is 4.78. The summed E-state index contributed by atoms with van der Waals surface area (Å²) in [6.07, 6.45) is 1.59. The second-order valence-corrected chi connectivity index (χ2v) is 6.67. The Bertz CT molecular complexity index is 938. The Morgan fingerprint density at radius 1 is 0.962 bits per heavy atom. The molecule has 3 rings (SSSR count). The van der Waals surface area contributed by atoms with Crippen LogP contribution in [0.25, 0.3) is 0 Å². The van der Waals surface area contributed by atoms with Crippen molar-refractivity contribution in [2.24, 2.45) is 5.10 Å². The smallest absolute Gasteiger partial charge is 0.271 e. The number of rotatable bonds is 5. The van der Waals surface area contributed by atoms with E-state index >= 15 is 0 Å². The standard InChI is InChI=1S/C19H14ClN3O2S/c20-15-4-1-3-14(11-15)18(24)22-16-8-6-13(7-9-16)19(25)23-21-12-17-5-2-10-26-17/h1-12H,(H,22,24)(H,23,25)/b21-12-. The van der Waals surface area contributed by atoms with E-state index < -0.39 is 0 Å². The molecule has 26 heavy (non-hydrogen) atoms. The Hall–Kier alpha value is -2.96. The molecule has 0 radical (unpaired) electrons. The van der Waals surface area contributed by atoms with E-state index in [1.807, 2.05) is 17.5 Å². The first-order valence-corrected chi connectivity index (χ1v) is 8.91. The summed E-state index contributed by atoms with van der Waals surface area (Å²) in [5, 5.41) is 9.09. The minimum absolute atomic E-state index is 0.273. The lowest BCUT2D eigenvalue weighted by atomic mass is 10.1. The van der Waals surface area contributed by atoms with Gasteiger partial charge in [-0.05, 0) is 53.9 Å². The number of benzene rings is 2. The minimum Gasteiger partial charge on any atom is -0.322 e. The lowest BCUT2D eigenvalue weighted by Gasteiger charge is -2.06. The maximum Gasteiger partial charge on any atom is 0.271 e. The number of halogens is 1. The first-order chi connectivity index (χ1) is 12.6. The van der Waals surface area contributed by atoms with Crippen molar-refractivity contribution in [2.75, 3.05) is 5.32 Å². The number of thiophene rings is 1. The molecule has 0 fully saturated rings. The van der Waals surface area contributed by atoms with Crippen molar-refractivity contribution >= 4 is 46.7 Å². The van der Waals surface area contributed by atoms with Crippen molar-refractivity contribution in [3.05, 3.63) is 87.1 Å². The summed E-state index contributed by atoms with van der Waals surface area (Å²) in [5.41, 5.74) is 3.94. The zero-order valence-corrected chi connectivity index (χ0v) is 15.1. The van der Waals surface area contributed by atoms with Crippen molar-refractivity contribution < 1.29 is 9.59 Å². The van der Waals surface area contributed by atoms with Gasteiger partial charge in [0.25, 0.3) is 11.8 Å². The Morgan fingerprint density at radius 2 is 1.77 bits per heavy atom. The molecule has 5 nitrogen and oxygen atoms in total. The van der Waals surface area contributed by atoms with E-state index in [1.165, 1.54) is 11.3 Å². The lowest BCUT2D eigenvalue weighted by Crippen LogP contribution is -2.17. The predicted octanol–water partition coefficient (Wildman–Crippen LogP) is 4.42. The summed E-state index contributed by atoms with van der Waals surface area (Å²) in [6.45, 7) is 0. The van der Waals surface area contributed by atoms with Gasteiger partial charge in [0.15, 0.2) is 0 Å². The lowest BCUT2D eigenvalue weighted by molar-refractivity contribution is 0.0954. The molecule has 2 amide bonds. The molecule has 2 aromatic carbocycles. The summed E-state index contributed by atoms with van der Waals surface area (Å²) in [4.78, 5) is 25.2. The molecule has 0 atom stereocenters. The number of nitrogens with zero attached hydrogens (tertiary/aromatic N) is 1. The summed E-state index contributed by atoms with van der Waals surface area (Å²) < 4.78 is 0. The van der Waals surface area contributed by atoms with E-state index in [1.54, 1.807) is 54.7 Å². The fourth-order valence-corrected chi connectivity index (χ4v) is 2.90. The number of amides is 2. The van der Waals surface area contributed by atoms with Gasteiger partial charge < -0.3 is 5.32 Å². The van der Waals surface area contributed by atoms with E-state index in [-0.39, 0.29) is 11.8 Å². The molecule has 0 aliphatic carbocycles. The number of nitrogens with one attached hydrogen (secondary N) is 2. The number of hydrogen-bond acceptors (Lipinski definition) is 4. The van der Waals surface area contributed by atoms with Gasteiger partial charge in [-0.25, -0.2) is 5.43 Å². The molecule has 0 saturated carbocycles. The monoisotopic (exact) mass is 383 g/mol. The molecule has 3 aromatic rings. The third-order valence-corrected chi connectivity index (χ3v) is 4.43. The van der Waals surface area contributed by atoms with Crippen molar-refractivity contribution in [2.45, 2.75) is 0 Å². The summed E-state index contributed by atoms with van der Waals surface area (Å²) in [6, 6.07) is 17.0. The average Bonchev–Trinajstić information content (AvgIpc) is 3.15. The van der Waals surface area contributed by atoms with E-state index in [0.29, 0.717) is 21.8 Å². The van der Waals surface area contributed by atoms with Crippen LogP contribution in [-0.2, 0) is 0 Å². The third-order valence-electron chi connectivity index (χ3n) is 3.39. The van der Waals surface area contributed by atoms with Crippen LogP contribution >= 0.6 is 22.9 Å². The number of carbonyl (C=O) groups excluding carboxylic acids is 2. The molecule has 2 N–H and O–H groups in total. The SMILES string of the molecule is O=C(N/N=C\c1cccs1)c1ccc(NC(=O)c2cccc(Cl)c2)cc1. The van der Waals surface area contributed by atoms with Crippen molar-refractivity contribution in [1.29, 1.82) is 0 Å². The Kier molecular flexibility index (Phi) is 5.78. The van der Waals surface area contributed by atoms with Crippen LogP contribution in [0, 0.1) is 0 Å². The number of hydrogen-bond donors (Lipinski definition) is 2. The highest BCUT2D eigenvalue weighted by molar-refractivity contribution is 7.11. The zero-order valence-electron chi connectivity index (χ0n) is 13.5. The first-order valence-electron chi connectivity index (χ1n) is 7.66. The van der Waals surface area contributed by atoms with Crippen LogP contribution in [0.4, 0.5) is 5.69 Å². The fourth-order valence-electron chi connectivity index (χ4n) is 2.12. The highest BCUT2D eigenvalue weighted by atomic mass is 35.5. The van der Waals surface area contributed by atoms with Crippen molar-refractivity contribution in [3.8, 4) is 0 Å². The van der Waals surface area contributed by atoms with Crippen LogP contribution < -0.4 is 10.7 Å². The van der Waals surface area contributed by atoms with Crippen LogP contribution in [0.15, 0.2) is 71.1 Å². The zero-order chi connectivity index (χ0) is 18.4. The maximum atomic E-state index is 12.2. The van der Waals surface area contributed by atoms with Crippen LogP contribution in [0.3, 0.4) is 0 Å². The van der Waals surface area contributed by atoms with Crippen LogP contribution in [0.2, 0.25) is 5.02 Å². The van der Waals surface area contributed by atoms with Gasteiger partial charge in [0.1, 0.15) is 0 Å². The van der Waals surface area contributed by atoms with Gasteiger partial charge in [-0.2, -0.15) is 5.10 Å². The predicted molar refractivity (Wildman–Crippen MR) is 105 cm³/mol. The fraction of sp³-hybridized carbons (Fsp3) is 0. The molecule has 0 bridgehead atoms. The quantitative estimate of drug-likeness (QED) is 0.505. The molecular formula is C19H14ClN3O2S. The van der Waals surface area contributed by atoms with Gasteiger partial charge in [-0.3, -0.25) is 9.59 Å². The van der Waals surface area contributed by atoms with Crippen molar-refractivity contribution in [3.63, 3.8) is 0 Å². The second-order valence-electron chi connectivity index (χ2n) is 5.26. The molecule has 1 heterocycles. The number of anilines is 1. The van der Waals surface area contributed by atoms with Gasteiger partial charge in [-0.1, -0.05) is 23.7 Å². The molecule has 0 spiro atoms. The van der Waals surface area contributed by atoms with Gasteiger partial charge in [-0.15, -0.1) is 11.3 Å². The van der Waals surface area contributed by atoms with Gasteiger partial charge in [0.05, 0.1) is 6.21 Å². The van der Waals surface area contributed by atoms with Gasteiger partial charge >= 0.3 is 0 Å². The first kappa shape index (κ1) is 17.8. The molecule has 0 aliphatic rings. The highest BCUT2D eigenvalue weighted by Gasteiger charge is 2.08. The topological polar surface area (TPSA) is 70.6 Å². The maximum absolute atomic E-state index is 12.2.